The SMILES string of the molecule is CC(C)[C@H](NS(C)(=O)=O)C(C)(C)C. The molecule has 4 heteroatoms. The van der Waals surface area contributed by atoms with Gasteiger partial charge in [0.05, 0.1) is 6.26 Å². The third kappa shape index (κ3) is 5.26. The predicted octanol–water partition coefficient (Wildman–Crippen LogP) is 1.61. The van der Waals surface area contributed by atoms with Crippen molar-refractivity contribution < 1.29 is 8.42 Å². The van der Waals surface area contributed by atoms with Gasteiger partial charge in [0.15, 0.2) is 0 Å². The lowest BCUT2D eigenvalue weighted by molar-refractivity contribution is 0.240. The number of sulfonamides is 1. The van der Waals surface area contributed by atoms with E-state index in [1.807, 2.05) is 34.6 Å². The normalized spacial score (nSPS) is 16.2. The zero-order chi connectivity index (χ0) is 10.9. The molecule has 3 nitrogen and oxygen atoms in total. The van der Waals surface area contributed by atoms with Crippen molar-refractivity contribution >= 4 is 10.0 Å². The highest BCUT2D eigenvalue weighted by Gasteiger charge is 2.29. The summed E-state index contributed by atoms with van der Waals surface area (Å²) >= 11 is 0. The Hall–Kier alpha value is -0.0900. The average molecular weight is 207 g/mol. The van der Waals surface area contributed by atoms with E-state index in [4.69, 9.17) is 0 Å². The van der Waals surface area contributed by atoms with Gasteiger partial charge in [0.25, 0.3) is 0 Å². The summed E-state index contributed by atoms with van der Waals surface area (Å²) in [6.07, 6.45) is 1.20. The van der Waals surface area contributed by atoms with E-state index in [2.05, 4.69) is 4.72 Å². The Morgan fingerprint density at radius 3 is 1.62 bits per heavy atom. The number of hydrogen-bond acceptors (Lipinski definition) is 2. The summed E-state index contributed by atoms with van der Waals surface area (Å²) in [7, 11) is -3.10. The molecule has 0 fully saturated rings. The Labute approximate surface area is 82.0 Å². The largest absolute Gasteiger partial charge is 0.213 e. The van der Waals surface area contributed by atoms with Gasteiger partial charge in [0.2, 0.25) is 10.0 Å². The second-order valence-corrected chi connectivity index (χ2v) is 6.76. The molecule has 0 bridgehead atoms. The van der Waals surface area contributed by atoms with E-state index in [1.165, 1.54) is 6.26 Å². The van der Waals surface area contributed by atoms with Gasteiger partial charge < -0.3 is 0 Å². The third-order valence-corrected chi connectivity index (χ3v) is 2.62. The standard InChI is InChI=1S/C9H21NO2S/c1-7(2)8(9(3,4)5)10-13(6,11)12/h7-8,10H,1-6H3/t8-/m0/s1. The van der Waals surface area contributed by atoms with Gasteiger partial charge in [-0.1, -0.05) is 34.6 Å². The second-order valence-electron chi connectivity index (χ2n) is 4.98. The fraction of sp³-hybridized carbons (Fsp3) is 1.00. The van der Waals surface area contributed by atoms with E-state index in [1.54, 1.807) is 0 Å². The van der Waals surface area contributed by atoms with Crippen molar-refractivity contribution in [3.63, 3.8) is 0 Å². The molecule has 0 unspecified atom stereocenters. The molecule has 0 aromatic carbocycles. The van der Waals surface area contributed by atoms with E-state index in [0.29, 0.717) is 5.92 Å². The Bertz CT molecular complexity index is 249. The van der Waals surface area contributed by atoms with Crippen molar-refractivity contribution in [1.29, 1.82) is 0 Å². The molecule has 0 aliphatic rings. The fourth-order valence-electron chi connectivity index (χ4n) is 1.54. The van der Waals surface area contributed by atoms with Gasteiger partial charge in [-0.2, -0.15) is 0 Å². The summed E-state index contributed by atoms with van der Waals surface area (Å²) in [5.41, 5.74) is -0.0444. The molecule has 1 atom stereocenters. The first kappa shape index (κ1) is 12.9. The second kappa shape index (κ2) is 3.96. The first-order valence-electron chi connectivity index (χ1n) is 4.51. The molecule has 0 saturated heterocycles. The third-order valence-electron chi connectivity index (χ3n) is 1.94. The van der Waals surface area contributed by atoms with Crippen LogP contribution in [0.3, 0.4) is 0 Å². The molecule has 0 radical (unpaired) electrons. The van der Waals surface area contributed by atoms with Gasteiger partial charge in [0, 0.05) is 6.04 Å². The van der Waals surface area contributed by atoms with Gasteiger partial charge >= 0.3 is 0 Å². The summed E-state index contributed by atoms with van der Waals surface area (Å²) in [4.78, 5) is 0. The van der Waals surface area contributed by atoms with Gasteiger partial charge in [-0.3, -0.25) is 0 Å². The Morgan fingerprint density at radius 2 is 1.54 bits per heavy atom. The van der Waals surface area contributed by atoms with E-state index in [-0.39, 0.29) is 11.5 Å². The summed E-state index contributed by atoms with van der Waals surface area (Å²) < 4.78 is 24.8. The predicted molar refractivity (Wildman–Crippen MR) is 56.1 cm³/mol. The van der Waals surface area contributed by atoms with Crippen molar-refractivity contribution in [1.82, 2.24) is 4.72 Å². The van der Waals surface area contributed by atoms with Crippen LogP contribution >= 0.6 is 0 Å². The highest BCUT2D eigenvalue weighted by atomic mass is 32.2. The molecule has 13 heavy (non-hydrogen) atoms. The maximum atomic E-state index is 11.1. The molecule has 0 spiro atoms. The van der Waals surface area contributed by atoms with Crippen LogP contribution < -0.4 is 4.72 Å². The van der Waals surface area contributed by atoms with Crippen molar-refractivity contribution in [2.24, 2.45) is 11.3 Å². The van der Waals surface area contributed by atoms with Crippen LogP contribution in [-0.2, 0) is 10.0 Å². The summed E-state index contributed by atoms with van der Waals surface area (Å²) in [6, 6.07) is -0.0116. The molecule has 80 valence electrons. The Kier molecular flexibility index (Phi) is 3.94. The number of rotatable bonds is 3. The maximum Gasteiger partial charge on any atom is 0.208 e. The van der Waals surface area contributed by atoms with E-state index in [9.17, 15) is 8.42 Å². The molecule has 0 heterocycles. The van der Waals surface area contributed by atoms with Crippen LogP contribution in [0.4, 0.5) is 0 Å². The van der Waals surface area contributed by atoms with Crippen LogP contribution in [-0.4, -0.2) is 20.7 Å². The maximum absolute atomic E-state index is 11.1. The lowest BCUT2D eigenvalue weighted by atomic mass is 9.81. The molecule has 0 amide bonds. The van der Waals surface area contributed by atoms with Crippen molar-refractivity contribution in [3.05, 3.63) is 0 Å². The van der Waals surface area contributed by atoms with Crippen LogP contribution in [0.5, 0.6) is 0 Å². The molecule has 1 N–H and O–H groups in total. The average Bonchev–Trinajstić information content (AvgIpc) is 1.77. The quantitative estimate of drug-likeness (QED) is 0.764. The fourth-order valence-corrected chi connectivity index (χ4v) is 2.63. The van der Waals surface area contributed by atoms with Crippen LogP contribution in [0.25, 0.3) is 0 Å². The summed E-state index contributed by atoms with van der Waals surface area (Å²) in [5, 5.41) is 0. The van der Waals surface area contributed by atoms with Gasteiger partial charge in [-0.15, -0.1) is 0 Å². The lowest BCUT2D eigenvalue weighted by Crippen LogP contribution is -2.46. The molecule has 0 aromatic heterocycles. The van der Waals surface area contributed by atoms with Gasteiger partial charge in [0.1, 0.15) is 0 Å². The summed E-state index contributed by atoms with van der Waals surface area (Å²) in [5.74, 6) is 0.301. The topological polar surface area (TPSA) is 46.2 Å². The minimum Gasteiger partial charge on any atom is -0.213 e. The smallest absolute Gasteiger partial charge is 0.208 e. The Balaban J connectivity index is 4.66. The number of hydrogen-bond donors (Lipinski definition) is 1. The van der Waals surface area contributed by atoms with Gasteiger partial charge in [-0.25, -0.2) is 13.1 Å². The molecule has 0 rings (SSSR count). The van der Waals surface area contributed by atoms with Crippen molar-refractivity contribution in [2.45, 2.75) is 40.7 Å². The molecule has 0 aromatic rings. The molecule has 0 aliphatic carbocycles. The molecule has 0 aliphatic heterocycles. The van der Waals surface area contributed by atoms with E-state index >= 15 is 0 Å². The monoisotopic (exact) mass is 207 g/mol. The first-order valence-corrected chi connectivity index (χ1v) is 6.40. The molecule has 0 saturated carbocycles. The highest BCUT2D eigenvalue weighted by Crippen LogP contribution is 2.25. The Morgan fingerprint density at radius 1 is 1.15 bits per heavy atom. The summed E-state index contributed by atoms with van der Waals surface area (Å²) in [6.45, 7) is 10.2. The first-order chi connectivity index (χ1) is 5.54. The molecular formula is C9H21NO2S. The lowest BCUT2D eigenvalue weighted by Gasteiger charge is -2.33. The van der Waals surface area contributed by atoms with Crippen LogP contribution in [0.2, 0.25) is 0 Å². The highest BCUT2D eigenvalue weighted by molar-refractivity contribution is 7.88. The van der Waals surface area contributed by atoms with E-state index in [0.717, 1.165) is 0 Å². The van der Waals surface area contributed by atoms with Crippen molar-refractivity contribution in [2.75, 3.05) is 6.26 Å². The molecular weight excluding hydrogens is 186 g/mol. The van der Waals surface area contributed by atoms with Crippen LogP contribution in [0, 0.1) is 11.3 Å². The zero-order valence-corrected chi connectivity index (χ0v) is 10.2. The van der Waals surface area contributed by atoms with Gasteiger partial charge in [-0.05, 0) is 11.3 Å². The minimum absolute atomic E-state index is 0.0116. The van der Waals surface area contributed by atoms with Crippen LogP contribution in [0.15, 0.2) is 0 Å². The zero-order valence-electron chi connectivity index (χ0n) is 9.38. The van der Waals surface area contributed by atoms with Crippen molar-refractivity contribution in [3.8, 4) is 0 Å². The van der Waals surface area contributed by atoms with Crippen LogP contribution in [0.1, 0.15) is 34.6 Å². The minimum atomic E-state index is -3.10. The van der Waals surface area contributed by atoms with E-state index < -0.39 is 10.0 Å². The number of nitrogens with one attached hydrogen (secondary N) is 1.